The molecule has 0 radical (unpaired) electrons. The molecule has 0 bridgehead atoms. The number of nitriles is 1. The summed E-state index contributed by atoms with van der Waals surface area (Å²) in [5, 5.41) is 9.60. The van der Waals surface area contributed by atoms with E-state index in [1.807, 2.05) is 78.4 Å². The van der Waals surface area contributed by atoms with Crippen LogP contribution in [0.15, 0.2) is 66.9 Å². The Hall–Kier alpha value is -2.99. The molecule has 0 N–H and O–H groups in total. The second-order valence-corrected chi connectivity index (χ2v) is 4.83. The van der Waals surface area contributed by atoms with E-state index in [1.54, 1.807) is 0 Å². The molecule has 0 amide bonds. The van der Waals surface area contributed by atoms with Crippen LogP contribution in [-0.2, 0) is 0 Å². The first kappa shape index (κ1) is 14.0. The van der Waals surface area contributed by atoms with Crippen LogP contribution in [0.25, 0.3) is 16.9 Å². The Morgan fingerprint density at radius 2 is 1.64 bits per heavy atom. The van der Waals surface area contributed by atoms with Gasteiger partial charge in [0.15, 0.2) is 5.75 Å². The SMILES string of the molecule is CCOc1cn(-c2ccccc2)c(-c2ccccc2)c1C#N. The van der Waals surface area contributed by atoms with Crippen molar-refractivity contribution < 1.29 is 4.74 Å². The smallest absolute Gasteiger partial charge is 0.155 e. The van der Waals surface area contributed by atoms with Gasteiger partial charge in [0.2, 0.25) is 0 Å². The molecular weight excluding hydrogens is 272 g/mol. The molecule has 2 aromatic carbocycles. The Kier molecular flexibility index (Phi) is 3.93. The van der Waals surface area contributed by atoms with E-state index in [9.17, 15) is 5.26 Å². The summed E-state index contributed by atoms with van der Waals surface area (Å²) in [6, 6.07) is 22.2. The van der Waals surface area contributed by atoms with E-state index in [-0.39, 0.29) is 0 Å². The highest BCUT2D eigenvalue weighted by Gasteiger charge is 2.19. The van der Waals surface area contributed by atoms with Gasteiger partial charge in [-0.2, -0.15) is 5.26 Å². The van der Waals surface area contributed by atoms with Crippen LogP contribution < -0.4 is 4.74 Å². The van der Waals surface area contributed by atoms with E-state index in [4.69, 9.17) is 4.74 Å². The van der Waals surface area contributed by atoms with Crippen molar-refractivity contribution in [2.75, 3.05) is 6.61 Å². The quantitative estimate of drug-likeness (QED) is 0.713. The fourth-order valence-electron chi connectivity index (χ4n) is 2.53. The predicted octanol–water partition coefficient (Wildman–Crippen LogP) is 4.41. The zero-order valence-electron chi connectivity index (χ0n) is 12.4. The van der Waals surface area contributed by atoms with Crippen molar-refractivity contribution in [1.29, 1.82) is 5.26 Å². The van der Waals surface area contributed by atoms with Crippen LogP contribution in [0, 0.1) is 11.3 Å². The third kappa shape index (κ3) is 2.47. The number of nitrogens with zero attached hydrogens (tertiary/aromatic N) is 2. The van der Waals surface area contributed by atoms with Gasteiger partial charge in [0.1, 0.15) is 11.6 Å². The minimum atomic E-state index is 0.529. The summed E-state index contributed by atoms with van der Waals surface area (Å²) in [4.78, 5) is 0. The van der Waals surface area contributed by atoms with Gasteiger partial charge in [0.25, 0.3) is 0 Å². The maximum absolute atomic E-state index is 9.60. The van der Waals surface area contributed by atoms with Gasteiger partial charge >= 0.3 is 0 Å². The van der Waals surface area contributed by atoms with E-state index < -0.39 is 0 Å². The van der Waals surface area contributed by atoms with Crippen LogP contribution in [-0.4, -0.2) is 11.2 Å². The lowest BCUT2D eigenvalue weighted by Gasteiger charge is -2.09. The monoisotopic (exact) mass is 288 g/mol. The molecule has 3 aromatic rings. The minimum Gasteiger partial charge on any atom is -0.491 e. The Labute approximate surface area is 130 Å². The molecule has 1 aromatic heterocycles. The van der Waals surface area contributed by atoms with Crippen molar-refractivity contribution in [2.45, 2.75) is 6.92 Å². The zero-order chi connectivity index (χ0) is 15.4. The van der Waals surface area contributed by atoms with Crippen LogP contribution in [0.4, 0.5) is 0 Å². The summed E-state index contributed by atoms with van der Waals surface area (Å²) < 4.78 is 7.66. The first-order valence-electron chi connectivity index (χ1n) is 7.24. The molecule has 0 saturated carbocycles. The standard InChI is InChI=1S/C19H16N2O/c1-2-22-18-14-21(16-11-7-4-8-12-16)19(17(18)13-20)15-9-5-3-6-10-15/h3-12,14H,2H2,1H3. The molecule has 3 nitrogen and oxygen atoms in total. The highest BCUT2D eigenvalue weighted by Crippen LogP contribution is 2.34. The highest BCUT2D eigenvalue weighted by atomic mass is 16.5. The fourth-order valence-corrected chi connectivity index (χ4v) is 2.53. The number of hydrogen-bond acceptors (Lipinski definition) is 2. The second-order valence-electron chi connectivity index (χ2n) is 4.83. The molecule has 3 heteroatoms. The number of rotatable bonds is 4. The first-order valence-corrected chi connectivity index (χ1v) is 7.24. The summed E-state index contributed by atoms with van der Waals surface area (Å²) in [6.45, 7) is 2.45. The maximum atomic E-state index is 9.60. The Morgan fingerprint density at radius 3 is 2.23 bits per heavy atom. The molecule has 0 saturated heterocycles. The van der Waals surface area contributed by atoms with Crippen LogP contribution in [0.5, 0.6) is 5.75 Å². The van der Waals surface area contributed by atoms with E-state index in [0.717, 1.165) is 16.9 Å². The maximum Gasteiger partial charge on any atom is 0.155 e. The number of ether oxygens (including phenoxy) is 1. The Bertz CT molecular complexity index is 799. The number of hydrogen-bond donors (Lipinski definition) is 0. The van der Waals surface area contributed by atoms with Crippen molar-refractivity contribution in [3.05, 3.63) is 72.4 Å². The third-order valence-electron chi connectivity index (χ3n) is 3.46. The molecule has 0 aliphatic heterocycles. The molecule has 0 fully saturated rings. The summed E-state index contributed by atoms with van der Waals surface area (Å²) in [5.41, 5.74) is 3.42. The molecule has 0 spiro atoms. The second kappa shape index (κ2) is 6.19. The lowest BCUT2D eigenvalue weighted by molar-refractivity contribution is 0.339. The molecule has 0 aliphatic rings. The molecule has 22 heavy (non-hydrogen) atoms. The fraction of sp³-hybridized carbons (Fsp3) is 0.105. The molecular formula is C19H16N2O. The van der Waals surface area contributed by atoms with Gasteiger partial charge in [-0.15, -0.1) is 0 Å². The molecule has 3 rings (SSSR count). The summed E-state index contributed by atoms with van der Waals surface area (Å²) in [5.74, 6) is 0.618. The average Bonchev–Trinajstić information content (AvgIpc) is 2.95. The average molecular weight is 288 g/mol. The number of aromatic nitrogens is 1. The van der Waals surface area contributed by atoms with Gasteiger partial charge in [-0.3, -0.25) is 0 Å². The van der Waals surface area contributed by atoms with E-state index in [0.29, 0.717) is 17.9 Å². The molecule has 0 atom stereocenters. The van der Waals surface area contributed by atoms with E-state index in [1.165, 1.54) is 0 Å². The van der Waals surface area contributed by atoms with Crippen molar-refractivity contribution in [3.8, 4) is 28.8 Å². The van der Waals surface area contributed by atoms with Crippen molar-refractivity contribution >= 4 is 0 Å². The van der Waals surface area contributed by atoms with Crippen LogP contribution in [0.1, 0.15) is 12.5 Å². The first-order chi connectivity index (χ1) is 10.8. The van der Waals surface area contributed by atoms with Gasteiger partial charge in [-0.25, -0.2) is 0 Å². The summed E-state index contributed by atoms with van der Waals surface area (Å²) in [6.07, 6.45) is 1.89. The van der Waals surface area contributed by atoms with Gasteiger partial charge in [0.05, 0.1) is 18.5 Å². The summed E-state index contributed by atoms with van der Waals surface area (Å²) in [7, 11) is 0. The van der Waals surface area contributed by atoms with Gasteiger partial charge in [-0.05, 0) is 24.6 Å². The Balaban J connectivity index is 2.27. The normalized spacial score (nSPS) is 10.2. The molecule has 108 valence electrons. The zero-order valence-corrected chi connectivity index (χ0v) is 12.4. The topological polar surface area (TPSA) is 38.0 Å². The Morgan fingerprint density at radius 1 is 1.00 bits per heavy atom. The van der Waals surface area contributed by atoms with Crippen LogP contribution in [0.3, 0.4) is 0 Å². The largest absolute Gasteiger partial charge is 0.491 e. The van der Waals surface area contributed by atoms with Crippen molar-refractivity contribution in [1.82, 2.24) is 4.57 Å². The van der Waals surface area contributed by atoms with Gasteiger partial charge in [0, 0.05) is 5.69 Å². The van der Waals surface area contributed by atoms with Crippen LogP contribution in [0.2, 0.25) is 0 Å². The van der Waals surface area contributed by atoms with E-state index >= 15 is 0 Å². The lowest BCUT2D eigenvalue weighted by atomic mass is 10.1. The number of para-hydroxylation sites is 1. The van der Waals surface area contributed by atoms with Crippen molar-refractivity contribution in [2.24, 2.45) is 0 Å². The summed E-state index contributed by atoms with van der Waals surface area (Å²) >= 11 is 0. The lowest BCUT2D eigenvalue weighted by Crippen LogP contribution is -1.95. The predicted molar refractivity (Wildman–Crippen MR) is 87.1 cm³/mol. The minimum absolute atomic E-state index is 0.529. The highest BCUT2D eigenvalue weighted by molar-refractivity contribution is 5.73. The van der Waals surface area contributed by atoms with Gasteiger partial charge < -0.3 is 9.30 Å². The van der Waals surface area contributed by atoms with Gasteiger partial charge in [-0.1, -0.05) is 48.5 Å². The molecule has 1 heterocycles. The number of benzene rings is 2. The van der Waals surface area contributed by atoms with Crippen molar-refractivity contribution in [3.63, 3.8) is 0 Å². The molecule has 0 aliphatic carbocycles. The van der Waals surface area contributed by atoms with Crippen LogP contribution >= 0.6 is 0 Å². The molecule has 0 unspecified atom stereocenters. The third-order valence-corrected chi connectivity index (χ3v) is 3.46. The van der Waals surface area contributed by atoms with E-state index in [2.05, 4.69) is 6.07 Å².